The van der Waals surface area contributed by atoms with E-state index in [-0.39, 0.29) is 17.0 Å². The van der Waals surface area contributed by atoms with E-state index >= 15 is 0 Å². The van der Waals surface area contributed by atoms with Crippen molar-refractivity contribution >= 4 is 21.6 Å². The highest BCUT2D eigenvalue weighted by molar-refractivity contribution is 7.89. The molecule has 1 aromatic rings. The van der Waals surface area contributed by atoms with Crippen molar-refractivity contribution in [2.45, 2.75) is 30.9 Å². The number of furan rings is 1. The zero-order chi connectivity index (χ0) is 13.8. The Morgan fingerprint density at radius 2 is 2.17 bits per heavy atom. The molecule has 0 aliphatic carbocycles. The van der Waals surface area contributed by atoms with Gasteiger partial charge in [0.05, 0.1) is 12.5 Å². The second-order valence-electron chi connectivity index (χ2n) is 3.87. The molecule has 0 aliphatic heterocycles. The van der Waals surface area contributed by atoms with Crippen LogP contribution in [-0.2, 0) is 20.6 Å². The van der Waals surface area contributed by atoms with Crippen LogP contribution in [-0.4, -0.2) is 39.0 Å². The van der Waals surface area contributed by atoms with Gasteiger partial charge in [-0.25, -0.2) is 8.42 Å². The Morgan fingerprint density at radius 1 is 1.50 bits per heavy atom. The average molecular weight is 296 g/mol. The van der Waals surface area contributed by atoms with Crippen molar-refractivity contribution in [3.05, 3.63) is 17.9 Å². The zero-order valence-corrected chi connectivity index (χ0v) is 12.3. The first-order valence-electron chi connectivity index (χ1n) is 5.62. The van der Waals surface area contributed by atoms with Gasteiger partial charge in [0.25, 0.3) is 10.0 Å². The van der Waals surface area contributed by atoms with Crippen molar-refractivity contribution in [2.75, 3.05) is 20.3 Å². The van der Waals surface area contributed by atoms with Gasteiger partial charge in [0, 0.05) is 19.7 Å². The summed E-state index contributed by atoms with van der Waals surface area (Å²) in [6.07, 6.45) is 0. The first-order valence-corrected chi connectivity index (χ1v) is 7.60. The summed E-state index contributed by atoms with van der Waals surface area (Å²) in [6, 6.07) is 2.73. The van der Waals surface area contributed by atoms with E-state index in [0.29, 0.717) is 18.9 Å². The number of halogens is 1. The lowest BCUT2D eigenvalue weighted by Gasteiger charge is -2.25. The molecule has 1 rings (SSSR count). The number of rotatable bonds is 7. The highest BCUT2D eigenvalue weighted by atomic mass is 35.5. The fourth-order valence-electron chi connectivity index (χ4n) is 1.73. The van der Waals surface area contributed by atoms with Gasteiger partial charge in [-0.2, -0.15) is 4.31 Å². The molecular weight excluding hydrogens is 278 g/mol. The summed E-state index contributed by atoms with van der Waals surface area (Å²) in [5.74, 6) is 0.584. The standard InChI is InChI=1S/C11H18ClNO4S/c1-4-13(9(2)8-16-3)18(14,15)11-6-5-10(7-12)17-11/h5-6,9H,4,7-8H2,1-3H3. The molecule has 0 fully saturated rings. The Labute approximate surface area is 113 Å². The van der Waals surface area contributed by atoms with Crippen LogP contribution in [0.2, 0.25) is 0 Å². The molecule has 1 aromatic heterocycles. The summed E-state index contributed by atoms with van der Waals surface area (Å²) in [7, 11) is -2.10. The van der Waals surface area contributed by atoms with Gasteiger partial charge in [-0.15, -0.1) is 11.6 Å². The minimum Gasteiger partial charge on any atom is -0.447 e. The van der Waals surface area contributed by atoms with Gasteiger partial charge in [-0.3, -0.25) is 0 Å². The minimum absolute atomic E-state index is 0.0806. The van der Waals surface area contributed by atoms with E-state index in [9.17, 15) is 8.42 Å². The number of methoxy groups -OCH3 is 1. The molecule has 0 spiro atoms. The molecule has 5 nitrogen and oxygen atoms in total. The van der Waals surface area contributed by atoms with E-state index in [4.69, 9.17) is 20.8 Å². The fourth-order valence-corrected chi connectivity index (χ4v) is 3.43. The second-order valence-corrected chi connectivity index (χ2v) is 5.96. The first kappa shape index (κ1) is 15.5. The molecule has 0 bridgehead atoms. The highest BCUT2D eigenvalue weighted by Gasteiger charge is 2.30. The van der Waals surface area contributed by atoms with Crippen molar-refractivity contribution < 1.29 is 17.6 Å². The average Bonchev–Trinajstić information content (AvgIpc) is 2.79. The Kier molecular flexibility index (Phi) is 5.65. The van der Waals surface area contributed by atoms with E-state index in [1.165, 1.54) is 17.5 Å². The van der Waals surface area contributed by atoms with Gasteiger partial charge in [0.15, 0.2) is 0 Å². The van der Waals surface area contributed by atoms with Gasteiger partial charge >= 0.3 is 0 Å². The number of ether oxygens (including phenoxy) is 1. The maximum absolute atomic E-state index is 12.3. The van der Waals surface area contributed by atoms with Gasteiger partial charge < -0.3 is 9.15 Å². The van der Waals surface area contributed by atoms with Crippen LogP contribution in [0.15, 0.2) is 21.6 Å². The molecule has 0 saturated carbocycles. The van der Waals surface area contributed by atoms with Crippen LogP contribution in [0.25, 0.3) is 0 Å². The van der Waals surface area contributed by atoms with Gasteiger partial charge in [-0.05, 0) is 19.1 Å². The quantitative estimate of drug-likeness (QED) is 0.723. The molecule has 0 amide bonds. The lowest BCUT2D eigenvalue weighted by atomic mass is 10.4. The van der Waals surface area contributed by atoms with Crippen molar-refractivity contribution in [3.63, 3.8) is 0 Å². The van der Waals surface area contributed by atoms with Crippen LogP contribution in [0, 0.1) is 0 Å². The van der Waals surface area contributed by atoms with E-state index in [0.717, 1.165) is 0 Å². The lowest BCUT2D eigenvalue weighted by molar-refractivity contribution is 0.142. The number of nitrogens with zero attached hydrogens (tertiary/aromatic N) is 1. The van der Waals surface area contributed by atoms with E-state index in [1.807, 2.05) is 0 Å². The molecule has 0 saturated heterocycles. The monoisotopic (exact) mass is 295 g/mol. The first-order chi connectivity index (χ1) is 8.47. The van der Waals surface area contributed by atoms with E-state index in [2.05, 4.69) is 0 Å². The van der Waals surface area contributed by atoms with E-state index < -0.39 is 10.0 Å². The largest absolute Gasteiger partial charge is 0.447 e. The molecular formula is C11H18ClNO4S. The van der Waals surface area contributed by atoms with Crippen LogP contribution >= 0.6 is 11.6 Å². The molecule has 1 atom stereocenters. The molecule has 1 heterocycles. The fraction of sp³-hybridized carbons (Fsp3) is 0.636. The number of sulfonamides is 1. The van der Waals surface area contributed by atoms with Crippen LogP contribution in [0.3, 0.4) is 0 Å². The molecule has 7 heteroatoms. The summed E-state index contributed by atoms with van der Waals surface area (Å²) >= 11 is 5.59. The number of hydrogen-bond donors (Lipinski definition) is 0. The number of likely N-dealkylation sites (N-methyl/N-ethyl adjacent to an activating group) is 1. The molecule has 0 N–H and O–H groups in total. The topological polar surface area (TPSA) is 59.8 Å². The smallest absolute Gasteiger partial charge is 0.276 e. The SMILES string of the molecule is CCN(C(C)COC)S(=O)(=O)c1ccc(CCl)o1. The van der Waals surface area contributed by atoms with Crippen molar-refractivity contribution in [2.24, 2.45) is 0 Å². The zero-order valence-electron chi connectivity index (χ0n) is 10.7. The third-order valence-electron chi connectivity index (χ3n) is 2.54. The van der Waals surface area contributed by atoms with Gasteiger partial charge in [-0.1, -0.05) is 6.92 Å². The Hall–Kier alpha value is -0.560. The highest BCUT2D eigenvalue weighted by Crippen LogP contribution is 2.21. The maximum Gasteiger partial charge on any atom is 0.276 e. The Balaban J connectivity index is 3.02. The number of hydrogen-bond acceptors (Lipinski definition) is 4. The summed E-state index contributed by atoms with van der Waals surface area (Å²) < 4.78 is 36.2. The summed E-state index contributed by atoms with van der Waals surface area (Å²) in [5.41, 5.74) is 0. The molecule has 0 radical (unpaired) electrons. The summed E-state index contributed by atoms with van der Waals surface area (Å²) in [6.45, 7) is 4.24. The molecule has 0 aliphatic rings. The normalized spacial score (nSPS) is 14.1. The number of alkyl halides is 1. The molecule has 0 aromatic carbocycles. The van der Waals surface area contributed by atoms with Gasteiger partial charge in [0.1, 0.15) is 5.76 Å². The van der Waals surface area contributed by atoms with Crippen LogP contribution in [0.5, 0.6) is 0 Å². The molecule has 18 heavy (non-hydrogen) atoms. The third kappa shape index (κ3) is 3.26. The summed E-state index contributed by atoms with van der Waals surface area (Å²) in [4.78, 5) is 0. The van der Waals surface area contributed by atoms with Crippen LogP contribution in [0.4, 0.5) is 0 Å². The van der Waals surface area contributed by atoms with Gasteiger partial charge in [0.2, 0.25) is 5.09 Å². The predicted molar refractivity (Wildman–Crippen MR) is 69.2 cm³/mol. The minimum atomic E-state index is -3.63. The summed E-state index contributed by atoms with van der Waals surface area (Å²) in [5, 5.41) is -0.0806. The lowest BCUT2D eigenvalue weighted by Crippen LogP contribution is -2.40. The van der Waals surface area contributed by atoms with Crippen LogP contribution < -0.4 is 0 Å². The predicted octanol–water partition coefficient (Wildman–Crippen LogP) is 2.06. The second kappa shape index (κ2) is 6.56. The third-order valence-corrected chi connectivity index (χ3v) is 4.77. The van der Waals surface area contributed by atoms with E-state index in [1.54, 1.807) is 19.9 Å². The molecule has 1 unspecified atom stereocenters. The maximum atomic E-state index is 12.3. The van der Waals surface area contributed by atoms with Crippen LogP contribution in [0.1, 0.15) is 19.6 Å². The van der Waals surface area contributed by atoms with Crippen molar-refractivity contribution in [1.82, 2.24) is 4.31 Å². The Bertz CT molecular complexity index is 471. The Morgan fingerprint density at radius 3 is 2.61 bits per heavy atom. The van der Waals surface area contributed by atoms with Crippen molar-refractivity contribution in [1.29, 1.82) is 0 Å². The van der Waals surface area contributed by atoms with Crippen molar-refractivity contribution in [3.8, 4) is 0 Å². The molecule has 104 valence electrons.